The minimum absolute atomic E-state index is 0.00839. The van der Waals surface area contributed by atoms with E-state index in [1.165, 1.54) is 0 Å². The zero-order chi connectivity index (χ0) is 19.6. The zero-order valence-electron chi connectivity index (χ0n) is 13.4. The van der Waals surface area contributed by atoms with E-state index in [4.69, 9.17) is 5.26 Å². The first-order chi connectivity index (χ1) is 12.0. The van der Waals surface area contributed by atoms with Gasteiger partial charge in [-0.2, -0.15) is 31.6 Å². The summed E-state index contributed by atoms with van der Waals surface area (Å²) in [6.45, 7) is -0.554. The molecule has 0 bridgehead atoms. The second-order valence-electron chi connectivity index (χ2n) is 6.10. The van der Waals surface area contributed by atoms with Crippen LogP contribution in [0, 0.1) is 11.3 Å². The Morgan fingerprint density at radius 3 is 1.96 bits per heavy atom. The Hall–Kier alpha value is -2.44. The topological polar surface area (TPSA) is 64.9 Å². The van der Waals surface area contributed by atoms with Gasteiger partial charge in [0.2, 0.25) is 5.91 Å². The van der Waals surface area contributed by atoms with Gasteiger partial charge >= 0.3 is 12.4 Å². The quantitative estimate of drug-likeness (QED) is 0.775. The molecule has 0 aromatic heterocycles. The molecule has 26 heavy (non-hydrogen) atoms. The molecule has 1 aliphatic rings. The first kappa shape index (κ1) is 19.9. The number of hydrogen-bond acceptors (Lipinski definition) is 3. The molecule has 1 amide bonds. The number of anilines is 1. The zero-order valence-corrected chi connectivity index (χ0v) is 13.4. The Labute approximate surface area is 145 Å². The fourth-order valence-electron chi connectivity index (χ4n) is 2.79. The number of nitrogens with one attached hydrogen (secondary N) is 2. The average molecular weight is 379 g/mol. The molecule has 1 aromatic rings. The van der Waals surface area contributed by atoms with Crippen LogP contribution < -0.4 is 10.6 Å². The summed E-state index contributed by atoms with van der Waals surface area (Å²) >= 11 is 0. The van der Waals surface area contributed by atoms with E-state index in [-0.39, 0.29) is 6.07 Å². The van der Waals surface area contributed by atoms with Crippen molar-refractivity contribution in [3.8, 4) is 6.07 Å². The van der Waals surface area contributed by atoms with E-state index in [2.05, 4.69) is 10.6 Å². The molecule has 1 fully saturated rings. The summed E-state index contributed by atoms with van der Waals surface area (Å²) in [6, 6.07) is 3.01. The molecule has 0 saturated heterocycles. The molecule has 2 N–H and O–H groups in total. The summed E-state index contributed by atoms with van der Waals surface area (Å²) in [5.74, 6) is -0.681. The minimum atomic E-state index is -4.96. The SMILES string of the molecule is N#CC1(NC(=O)CNc2cc(C(F)(F)F)cc(C(F)(F)F)c2)CCCC1. The van der Waals surface area contributed by atoms with E-state index in [0.717, 1.165) is 12.8 Å². The molecule has 0 heterocycles. The van der Waals surface area contributed by atoms with Crippen LogP contribution in [0.4, 0.5) is 32.0 Å². The lowest BCUT2D eigenvalue weighted by Gasteiger charge is -2.22. The van der Waals surface area contributed by atoms with Crippen LogP contribution in [0.15, 0.2) is 18.2 Å². The predicted molar refractivity (Wildman–Crippen MR) is 79.9 cm³/mol. The maximum atomic E-state index is 12.8. The monoisotopic (exact) mass is 379 g/mol. The number of rotatable bonds is 4. The molecule has 0 unspecified atom stereocenters. The van der Waals surface area contributed by atoms with Crippen LogP contribution in [0.25, 0.3) is 0 Å². The first-order valence-corrected chi connectivity index (χ1v) is 7.71. The van der Waals surface area contributed by atoms with Gasteiger partial charge in [-0.25, -0.2) is 0 Å². The Balaban J connectivity index is 2.13. The Kier molecular flexibility index (Phi) is 5.39. The van der Waals surface area contributed by atoms with Crippen molar-refractivity contribution in [3.05, 3.63) is 29.3 Å². The third kappa shape index (κ3) is 4.80. The molecular formula is C16H15F6N3O. The fourth-order valence-corrected chi connectivity index (χ4v) is 2.79. The molecule has 0 atom stereocenters. The Morgan fingerprint density at radius 1 is 1.04 bits per heavy atom. The molecule has 1 aromatic carbocycles. The molecule has 10 heteroatoms. The van der Waals surface area contributed by atoms with Crippen molar-refractivity contribution in [1.82, 2.24) is 5.32 Å². The van der Waals surface area contributed by atoms with Crippen molar-refractivity contribution in [2.75, 3.05) is 11.9 Å². The second-order valence-corrected chi connectivity index (χ2v) is 6.10. The van der Waals surface area contributed by atoms with Gasteiger partial charge in [0, 0.05) is 5.69 Å². The summed E-state index contributed by atoms with van der Waals surface area (Å²) in [4.78, 5) is 11.9. The van der Waals surface area contributed by atoms with Gasteiger partial charge in [-0.1, -0.05) is 0 Å². The van der Waals surface area contributed by atoms with E-state index in [1.54, 1.807) is 0 Å². The predicted octanol–water partition coefficient (Wildman–Crippen LogP) is 4.09. The Morgan fingerprint density at radius 2 is 1.54 bits per heavy atom. The van der Waals surface area contributed by atoms with Crippen LogP contribution in [0.5, 0.6) is 0 Å². The number of halogens is 6. The van der Waals surface area contributed by atoms with Crippen LogP contribution in [0.2, 0.25) is 0 Å². The molecule has 142 valence electrons. The maximum Gasteiger partial charge on any atom is 0.416 e. The van der Waals surface area contributed by atoms with Crippen molar-refractivity contribution in [1.29, 1.82) is 5.26 Å². The van der Waals surface area contributed by atoms with Gasteiger partial charge < -0.3 is 10.6 Å². The molecule has 0 spiro atoms. The number of nitrogens with zero attached hydrogens (tertiary/aromatic N) is 1. The van der Waals surface area contributed by atoms with E-state index in [1.807, 2.05) is 6.07 Å². The van der Waals surface area contributed by atoms with E-state index in [0.29, 0.717) is 25.0 Å². The average Bonchev–Trinajstić information content (AvgIpc) is 3.00. The molecule has 0 aliphatic heterocycles. The van der Waals surface area contributed by atoms with Gasteiger partial charge in [-0.15, -0.1) is 0 Å². The van der Waals surface area contributed by atoms with Crippen molar-refractivity contribution in [2.45, 2.75) is 43.6 Å². The third-order valence-electron chi connectivity index (χ3n) is 4.09. The fraction of sp³-hybridized carbons (Fsp3) is 0.500. The van der Waals surface area contributed by atoms with E-state index < -0.39 is 47.2 Å². The normalized spacial score (nSPS) is 16.8. The summed E-state index contributed by atoms with van der Waals surface area (Å²) in [6.07, 6.45) is -7.51. The lowest BCUT2D eigenvalue weighted by Crippen LogP contribution is -2.47. The van der Waals surface area contributed by atoms with Gasteiger partial charge in [-0.3, -0.25) is 4.79 Å². The molecule has 1 saturated carbocycles. The van der Waals surface area contributed by atoms with Crippen molar-refractivity contribution in [3.63, 3.8) is 0 Å². The standard InChI is InChI=1S/C16H15F6N3O/c17-15(18,19)10-5-11(16(20,21)22)7-12(6-10)24-8-13(26)25-14(9-23)3-1-2-4-14/h5-7,24H,1-4,8H2,(H,25,26). The Bertz CT molecular complexity index is 682. The highest BCUT2D eigenvalue weighted by atomic mass is 19.4. The highest BCUT2D eigenvalue weighted by molar-refractivity contribution is 5.82. The molecule has 0 radical (unpaired) electrons. The number of hydrogen-bond donors (Lipinski definition) is 2. The maximum absolute atomic E-state index is 12.8. The number of alkyl halides is 6. The number of amides is 1. The minimum Gasteiger partial charge on any atom is -0.376 e. The second kappa shape index (κ2) is 7.05. The van der Waals surface area contributed by atoms with Gasteiger partial charge in [0.05, 0.1) is 23.7 Å². The van der Waals surface area contributed by atoms with Crippen molar-refractivity contribution >= 4 is 11.6 Å². The summed E-state index contributed by atoms with van der Waals surface area (Å²) in [5.41, 5.74) is -4.46. The van der Waals surface area contributed by atoms with Gasteiger partial charge in [0.1, 0.15) is 5.54 Å². The van der Waals surface area contributed by atoms with Crippen LogP contribution in [-0.2, 0) is 17.1 Å². The van der Waals surface area contributed by atoms with Crippen molar-refractivity contribution < 1.29 is 31.1 Å². The largest absolute Gasteiger partial charge is 0.416 e. The van der Waals surface area contributed by atoms with E-state index >= 15 is 0 Å². The first-order valence-electron chi connectivity index (χ1n) is 7.71. The van der Waals surface area contributed by atoms with Crippen molar-refractivity contribution in [2.24, 2.45) is 0 Å². The summed E-state index contributed by atoms with van der Waals surface area (Å²) in [5, 5.41) is 13.9. The van der Waals surface area contributed by atoms with Gasteiger partial charge in [-0.05, 0) is 43.9 Å². The number of carbonyl (C=O) groups excluding carboxylic acids is 1. The lowest BCUT2D eigenvalue weighted by molar-refractivity contribution is -0.143. The number of nitriles is 1. The van der Waals surface area contributed by atoms with Gasteiger partial charge in [0.25, 0.3) is 0 Å². The molecule has 4 nitrogen and oxygen atoms in total. The van der Waals surface area contributed by atoms with Crippen LogP contribution >= 0.6 is 0 Å². The highest BCUT2D eigenvalue weighted by Crippen LogP contribution is 2.37. The van der Waals surface area contributed by atoms with Crippen LogP contribution in [0.1, 0.15) is 36.8 Å². The summed E-state index contributed by atoms with van der Waals surface area (Å²) in [7, 11) is 0. The smallest absolute Gasteiger partial charge is 0.376 e. The highest BCUT2D eigenvalue weighted by Gasteiger charge is 2.37. The van der Waals surface area contributed by atoms with Gasteiger partial charge in [0.15, 0.2) is 0 Å². The van der Waals surface area contributed by atoms with E-state index in [9.17, 15) is 31.1 Å². The molecule has 2 rings (SSSR count). The number of carbonyl (C=O) groups is 1. The lowest BCUT2D eigenvalue weighted by atomic mass is 10.00. The van der Waals surface area contributed by atoms with Crippen LogP contribution in [-0.4, -0.2) is 18.0 Å². The summed E-state index contributed by atoms with van der Waals surface area (Å²) < 4.78 is 76.7. The van der Waals surface area contributed by atoms with Crippen LogP contribution in [0.3, 0.4) is 0 Å². The number of benzene rings is 1. The molecular weight excluding hydrogens is 364 g/mol. The third-order valence-corrected chi connectivity index (χ3v) is 4.09. The molecule has 1 aliphatic carbocycles.